The molecule has 3 nitrogen and oxygen atoms in total. The van der Waals surface area contributed by atoms with Crippen LogP contribution in [0.2, 0.25) is 0 Å². The Hall–Kier alpha value is -2.16. The van der Waals surface area contributed by atoms with Gasteiger partial charge in [0.2, 0.25) is 0 Å². The average Bonchev–Trinajstić information content (AvgIpc) is 2.49. The van der Waals surface area contributed by atoms with Crippen molar-refractivity contribution >= 4 is 6.21 Å². The van der Waals surface area contributed by atoms with Gasteiger partial charge < -0.3 is 10.1 Å². The minimum absolute atomic E-state index is 0.114. The number of rotatable bonds is 5. The van der Waals surface area contributed by atoms with Crippen LogP contribution in [0, 0.1) is 5.41 Å². The quantitative estimate of drug-likeness (QED) is 0.822. The van der Waals surface area contributed by atoms with Crippen molar-refractivity contribution in [2.24, 2.45) is 0 Å². The summed E-state index contributed by atoms with van der Waals surface area (Å²) in [5.41, 5.74) is 2.99. The summed E-state index contributed by atoms with van der Waals surface area (Å²) in [7, 11) is 1.65. The summed E-state index contributed by atoms with van der Waals surface area (Å²) >= 11 is 0. The molecule has 0 aliphatic rings. The highest BCUT2D eigenvalue weighted by atomic mass is 16.5. The second-order valence-corrected chi connectivity index (χ2v) is 4.32. The molecule has 0 saturated heterocycles. The molecule has 0 spiro atoms. The van der Waals surface area contributed by atoms with Crippen molar-refractivity contribution < 1.29 is 4.74 Å². The third-order valence-electron chi connectivity index (χ3n) is 3.25. The van der Waals surface area contributed by atoms with Gasteiger partial charge in [-0.25, -0.2) is 0 Å². The Balaban J connectivity index is 2.59. The van der Waals surface area contributed by atoms with Crippen molar-refractivity contribution in [3.63, 3.8) is 0 Å². The lowest BCUT2D eigenvalue weighted by Crippen LogP contribution is -2.02. The zero-order valence-electron chi connectivity index (χ0n) is 11.3. The maximum Gasteiger partial charge on any atom is 0.145 e. The molecule has 1 N–H and O–H groups in total. The fourth-order valence-corrected chi connectivity index (χ4v) is 2.22. The Morgan fingerprint density at radius 3 is 2.74 bits per heavy atom. The molecule has 1 heterocycles. The van der Waals surface area contributed by atoms with Gasteiger partial charge in [-0.2, -0.15) is 0 Å². The molecule has 3 heteroatoms. The largest absolute Gasteiger partial charge is 0.494 e. The summed E-state index contributed by atoms with van der Waals surface area (Å²) in [5, 5.41) is 7.58. The van der Waals surface area contributed by atoms with E-state index in [1.807, 2.05) is 30.3 Å². The first-order valence-electron chi connectivity index (χ1n) is 6.40. The highest BCUT2D eigenvalue weighted by Gasteiger charge is 2.15. The van der Waals surface area contributed by atoms with E-state index in [2.05, 4.69) is 18.0 Å². The summed E-state index contributed by atoms with van der Waals surface area (Å²) < 4.78 is 5.38. The van der Waals surface area contributed by atoms with Gasteiger partial charge in [-0.15, -0.1) is 0 Å². The van der Waals surface area contributed by atoms with Crippen molar-refractivity contribution in [2.45, 2.75) is 19.3 Å². The number of ether oxygens (including phenoxy) is 1. The van der Waals surface area contributed by atoms with E-state index in [0.717, 1.165) is 29.0 Å². The Morgan fingerprint density at radius 1 is 1.26 bits per heavy atom. The number of pyridine rings is 1. The number of hydrogen-bond donors (Lipinski definition) is 1. The van der Waals surface area contributed by atoms with E-state index in [1.165, 1.54) is 6.21 Å². The number of nitrogens with zero attached hydrogens (tertiary/aromatic N) is 1. The van der Waals surface area contributed by atoms with Crippen LogP contribution in [-0.4, -0.2) is 18.3 Å². The lowest BCUT2D eigenvalue weighted by atomic mass is 9.91. The predicted molar refractivity (Wildman–Crippen MR) is 78.0 cm³/mol. The van der Waals surface area contributed by atoms with Gasteiger partial charge in [0.15, 0.2) is 0 Å². The Kier molecular flexibility index (Phi) is 4.29. The first-order valence-corrected chi connectivity index (χ1v) is 6.40. The van der Waals surface area contributed by atoms with Gasteiger partial charge >= 0.3 is 0 Å². The fourth-order valence-electron chi connectivity index (χ4n) is 2.22. The molecule has 1 unspecified atom stereocenters. The third kappa shape index (κ3) is 2.65. The van der Waals surface area contributed by atoms with Crippen LogP contribution < -0.4 is 4.74 Å². The van der Waals surface area contributed by atoms with E-state index in [9.17, 15) is 0 Å². The SMILES string of the molecule is CCC(C=N)c1ccccc1-c1ncccc1OC. The topological polar surface area (TPSA) is 46.0 Å². The smallest absolute Gasteiger partial charge is 0.145 e. The standard InChI is InChI=1S/C16H18N2O/c1-3-12(11-17)13-7-4-5-8-14(13)16-15(19-2)9-6-10-18-16/h4-12,17H,3H2,1-2H3. The molecule has 98 valence electrons. The zero-order valence-corrected chi connectivity index (χ0v) is 11.3. The predicted octanol–water partition coefficient (Wildman–Crippen LogP) is 3.90. The van der Waals surface area contributed by atoms with Gasteiger partial charge in [0.05, 0.1) is 7.11 Å². The van der Waals surface area contributed by atoms with Crippen molar-refractivity contribution in [1.29, 1.82) is 5.41 Å². The molecule has 1 aromatic heterocycles. The highest BCUT2D eigenvalue weighted by molar-refractivity contribution is 5.76. The number of aromatic nitrogens is 1. The molecular formula is C16H18N2O. The molecule has 2 rings (SSSR count). The van der Waals surface area contributed by atoms with E-state index in [-0.39, 0.29) is 5.92 Å². The first-order chi connectivity index (χ1) is 9.31. The lowest BCUT2D eigenvalue weighted by Gasteiger charge is -2.16. The molecule has 0 aliphatic heterocycles. The average molecular weight is 254 g/mol. The molecule has 0 aliphatic carbocycles. The molecule has 1 aromatic carbocycles. The highest BCUT2D eigenvalue weighted by Crippen LogP contribution is 2.33. The molecule has 1 atom stereocenters. The van der Waals surface area contributed by atoms with Crippen LogP contribution in [0.25, 0.3) is 11.3 Å². The van der Waals surface area contributed by atoms with Crippen molar-refractivity contribution in [3.05, 3.63) is 48.2 Å². The Labute approximate surface area is 113 Å². The molecule has 0 saturated carbocycles. The normalized spacial score (nSPS) is 11.9. The molecule has 0 bridgehead atoms. The van der Waals surface area contributed by atoms with Gasteiger partial charge in [0.1, 0.15) is 11.4 Å². The molecule has 0 radical (unpaired) electrons. The zero-order chi connectivity index (χ0) is 13.7. The lowest BCUT2D eigenvalue weighted by molar-refractivity contribution is 0.415. The van der Waals surface area contributed by atoms with Gasteiger partial charge in [0, 0.05) is 23.9 Å². The summed E-state index contributed by atoms with van der Waals surface area (Å²) in [6.07, 6.45) is 4.16. The van der Waals surface area contributed by atoms with Gasteiger partial charge in [-0.05, 0) is 24.1 Å². The van der Waals surface area contributed by atoms with Crippen LogP contribution in [0.3, 0.4) is 0 Å². The molecule has 0 fully saturated rings. The first kappa shape index (κ1) is 13.3. The summed E-state index contributed by atoms with van der Waals surface area (Å²) in [6, 6.07) is 11.8. The molecule has 19 heavy (non-hydrogen) atoms. The van der Waals surface area contributed by atoms with E-state index in [4.69, 9.17) is 10.1 Å². The van der Waals surface area contributed by atoms with Crippen LogP contribution in [0.1, 0.15) is 24.8 Å². The van der Waals surface area contributed by atoms with Crippen molar-refractivity contribution in [1.82, 2.24) is 4.98 Å². The van der Waals surface area contributed by atoms with E-state index < -0.39 is 0 Å². The van der Waals surface area contributed by atoms with Crippen LogP contribution in [0.5, 0.6) is 5.75 Å². The molecular weight excluding hydrogens is 236 g/mol. The maximum absolute atomic E-state index is 7.58. The minimum atomic E-state index is 0.114. The maximum atomic E-state index is 7.58. The molecule has 0 amide bonds. The van der Waals surface area contributed by atoms with Crippen LogP contribution >= 0.6 is 0 Å². The Morgan fingerprint density at radius 2 is 2.05 bits per heavy atom. The van der Waals surface area contributed by atoms with Crippen LogP contribution in [0.15, 0.2) is 42.6 Å². The van der Waals surface area contributed by atoms with Crippen molar-refractivity contribution in [2.75, 3.05) is 7.11 Å². The Bertz CT molecular complexity index is 566. The number of nitrogens with one attached hydrogen (secondary N) is 1. The van der Waals surface area contributed by atoms with Gasteiger partial charge in [0.25, 0.3) is 0 Å². The van der Waals surface area contributed by atoms with Crippen LogP contribution in [-0.2, 0) is 0 Å². The number of methoxy groups -OCH3 is 1. The van der Waals surface area contributed by atoms with Crippen LogP contribution in [0.4, 0.5) is 0 Å². The van der Waals surface area contributed by atoms with E-state index >= 15 is 0 Å². The monoisotopic (exact) mass is 254 g/mol. The summed E-state index contributed by atoms with van der Waals surface area (Å²) in [4.78, 5) is 4.43. The van der Waals surface area contributed by atoms with Crippen molar-refractivity contribution in [3.8, 4) is 17.0 Å². The number of benzene rings is 1. The van der Waals surface area contributed by atoms with E-state index in [1.54, 1.807) is 13.3 Å². The number of hydrogen-bond acceptors (Lipinski definition) is 3. The minimum Gasteiger partial charge on any atom is -0.494 e. The van der Waals surface area contributed by atoms with Gasteiger partial charge in [-0.3, -0.25) is 4.98 Å². The fraction of sp³-hybridized carbons (Fsp3) is 0.250. The summed E-state index contributed by atoms with van der Waals surface area (Å²) in [6.45, 7) is 2.09. The van der Waals surface area contributed by atoms with Gasteiger partial charge in [-0.1, -0.05) is 31.2 Å². The second-order valence-electron chi connectivity index (χ2n) is 4.32. The third-order valence-corrected chi connectivity index (χ3v) is 3.25. The molecule has 2 aromatic rings. The second kappa shape index (κ2) is 6.14. The van der Waals surface area contributed by atoms with E-state index in [0.29, 0.717) is 0 Å². The summed E-state index contributed by atoms with van der Waals surface area (Å²) in [5.74, 6) is 0.873.